The molecule has 0 saturated carbocycles. The molecule has 0 saturated heterocycles. The minimum Gasteiger partial charge on any atom is -0.352 e. The fraction of sp³-hybridized carbons (Fsp3) is 0.333. The molecule has 2 amide bonds. The van der Waals surface area contributed by atoms with Gasteiger partial charge in [-0.1, -0.05) is 54.4 Å². The molecule has 0 radical (unpaired) electrons. The summed E-state index contributed by atoms with van der Waals surface area (Å²) in [5.74, 6) is -1.41. The summed E-state index contributed by atoms with van der Waals surface area (Å²) in [6, 6.07) is 17.9. The zero-order valence-electron chi connectivity index (χ0n) is 23.0. The van der Waals surface area contributed by atoms with Gasteiger partial charge in [-0.2, -0.15) is 0 Å². The van der Waals surface area contributed by atoms with Gasteiger partial charge in [0.25, 0.3) is 10.0 Å². The molecule has 39 heavy (non-hydrogen) atoms. The monoisotopic (exact) mass is 553 g/mol. The molecule has 0 aliphatic heterocycles. The quantitative estimate of drug-likeness (QED) is 0.363. The molecular formula is C30H36FN3O4S. The number of sulfonamides is 1. The number of nitrogens with one attached hydrogen (secondary N) is 1. The maximum Gasteiger partial charge on any atom is 0.264 e. The summed E-state index contributed by atoms with van der Waals surface area (Å²) >= 11 is 0. The number of hydrogen-bond donors (Lipinski definition) is 1. The van der Waals surface area contributed by atoms with Crippen LogP contribution in [0.3, 0.4) is 0 Å². The molecule has 208 valence electrons. The molecule has 0 spiro atoms. The van der Waals surface area contributed by atoms with Crippen molar-refractivity contribution >= 4 is 27.5 Å². The molecule has 0 fully saturated rings. The number of carbonyl (C=O) groups is 2. The van der Waals surface area contributed by atoms with E-state index in [0.717, 1.165) is 33.1 Å². The smallest absolute Gasteiger partial charge is 0.264 e. The summed E-state index contributed by atoms with van der Waals surface area (Å²) in [6.07, 6.45) is 0.339. The molecule has 0 aliphatic rings. The lowest BCUT2D eigenvalue weighted by Gasteiger charge is -2.33. The molecule has 1 atom stereocenters. The summed E-state index contributed by atoms with van der Waals surface area (Å²) in [5, 5.41) is 2.88. The van der Waals surface area contributed by atoms with Crippen molar-refractivity contribution < 1.29 is 22.4 Å². The van der Waals surface area contributed by atoms with Gasteiger partial charge in [0, 0.05) is 12.6 Å². The Labute approximate surface area is 230 Å². The number of hydrogen-bond acceptors (Lipinski definition) is 4. The van der Waals surface area contributed by atoms with E-state index in [4.69, 9.17) is 0 Å². The topological polar surface area (TPSA) is 86.8 Å². The van der Waals surface area contributed by atoms with Crippen molar-refractivity contribution in [1.82, 2.24) is 10.2 Å². The van der Waals surface area contributed by atoms with E-state index in [2.05, 4.69) is 5.32 Å². The number of amides is 2. The van der Waals surface area contributed by atoms with Gasteiger partial charge in [-0.15, -0.1) is 0 Å². The fourth-order valence-electron chi connectivity index (χ4n) is 4.16. The molecular weight excluding hydrogens is 517 g/mol. The SMILES string of the molecule is CCC(C(=O)NC(C)C)N(Cc1ccc(C)cc1)C(=O)CN(c1ccc(C)cc1)S(=O)(=O)c1ccc(F)cc1. The third kappa shape index (κ3) is 7.66. The highest BCUT2D eigenvalue weighted by Crippen LogP contribution is 2.25. The summed E-state index contributed by atoms with van der Waals surface area (Å²) in [6.45, 7) is 8.90. The van der Waals surface area contributed by atoms with E-state index in [-0.39, 0.29) is 29.1 Å². The molecule has 3 rings (SSSR count). The van der Waals surface area contributed by atoms with Gasteiger partial charge >= 0.3 is 0 Å². The first-order valence-electron chi connectivity index (χ1n) is 12.9. The van der Waals surface area contributed by atoms with E-state index in [0.29, 0.717) is 6.42 Å². The van der Waals surface area contributed by atoms with Crippen molar-refractivity contribution in [2.75, 3.05) is 10.8 Å². The number of benzene rings is 3. The van der Waals surface area contributed by atoms with E-state index in [1.165, 1.54) is 17.0 Å². The van der Waals surface area contributed by atoms with Gasteiger partial charge in [0.1, 0.15) is 18.4 Å². The standard InChI is InChI=1S/C30H36FN3O4S/c1-6-28(30(36)32-21(2)3)33(19-24-11-7-22(4)8-12-24)29(35)20-34(26-15-9-23(5)10-16-26)39(37,38)27-17-13-25(31)14-18-27/h7-18,21,28H,6,19-20H2,1-5H3,(H,32,36). The van der Waals surface area contributed by atoms with Crippen molar-refractivity contribution in [1.29, 1.82) is 0 Å². The Morgan fingerprint density at radius 1 is 0.872 bits per heavy atom. The molecule has 9 heteroatoms. The van der Waals surface area contributed by atoms with E-state index in [9.17, 15) is 22.4 Å². The number of carbonyl (C=O) groups excluding carboxylic acids is 2. The number of rotatable bonds is 11. The van der Waals surface area contributed by atoms with Crippen molar-refractivity contribution in [2.45, 2.75) is 64.6 Å². The largest absolute Gasteiger partial charge is 0.352 e. The molecule has 0 heterocycles. The lowest BCUT2D eigenvalue weighted by molar-refractivity contribution is -0.140. The van der Waals surface area contributed by atoms with Crippen LogP contribution in [-0.4, -0.2) is 43.8 Å². The lowest BCUT2D eigenvalue weighted by Crippen LogP contribution is -2.53. The van der Waals surface area contributed by atoms with Crippen molar-refractivity contribution in [2.24, 2.45) is 0 Å². The molecule has 3 aromatic carbocycles. The van der Waals surface area contributed by atoms with Gasteiger partial charge in [0.2, 0.25) is 11.8 Å². The summed E-state index contributed by atoms with van der Waals surface area (Å²) < 4.78 is 42.1. The number of halogens is 1. The van der Waals surface area contributed by atoms with E-state index < -0.39 is 34.3 Å². The van der Waals surface area contributed by atoms with Crippen molar-refractivity contribution in [3.05, 3.63) is 95.3 Å². The average Bonchev–Trinajstić information content (AvgIpc) is 2.88. The second-order valence-electron chi connectivity index (χ2n) is 9.90. The Morgan fingerprint density at radius 3 is 1.92 bits per heavy atom. The first kappa shape index (κ1) is 29.8. The van der Waals surface area contributed by atoms with Crippen LogP contribution in [0, 0.1) is 19.7 Å². The Hall–Kier alpha value is -3.72. The molecule has 1 unspecified atom stereocenters. The molecule has 0 aromatic heterocycles. The Morgan fingerprint density at radius 2 is 1.41 bits per heavy atom. The zero-order chi connectivity index (χ0) is 28.7. The maximum absolute atomic E-state index is 14.0. The van der Waals surface area contributed by atoms with Crippen molar-refractivity contribution in [3.63, 3.8) is 0 Å². The summed E-state index contributed by atoms with van der Waals surface area (Å²) in [4.78, 5) is 28.4. The van der Waals surface area contributed by atoms with Gasteiger partial charge in [-0.3, -0.25) is 13.9 Å². The van der Waals surface area contributed by atoms with Gasteiger partial charge in [-0.25, -0.2) is 12.8 Å². The average molecular weight is 554 g/mol. The minimum absolute atomic E-state index is 0.126. The first-order chi connectivity index (χ1) is 18.4. The molecule has 1 N–H and O–H groups in total. The van der Waals surface area contributed by atoms with Crippen LogP contribution in [0.15, 0.2) is 77.7 Å². The molecule has 0 aliphatic carbocycles. The number of anilines is 1. The van der Waals surface area contributed by atoms with E-state index in [1.54, 1.807) is 24.3 Å². The predicted octanol–water partition coefficient (Wildman–Crippen LogP) is 4.97. The van der Waals surface area contributed by atoms with E-state index in [1.807, 2.05) is 58.9 Å². The third-order valence-electron chi connectivity index (χ3n) is 6.29. The molecule has 3 aromatic rings. The van der Waals surface area contributed by atoms with E-state index >= 15 is 0 Å². The van der Waals surface area contributed by atoms with Gasteiger partial charge < -0.3 is 10.2 Å². The van der Waals surface area contributed by atoms with Crippen LogP contribution in [0.25, 0.3) is 0 Å². The Balaban J connectivity index is 2.05. The van der Waals surface area contributed by atoms with Crippen LogP contribution in [0.5, 0.6) is 0 Å². The lowest BCUT2D eigenvalue weighted by atomic mass is 10.1. The molecule has 0 bridgehead atoms. The van der Waals surface area contributed by atoms with Crippen LogP contribution in [0.2, 0.25) is 0 Å². The number of nitrogens with zero attached hydrogens (tertiary/aromatic N) is 2. The maximum atomic E-state index is 14.0. The highest BCUT2D eigenvalue weighted by Gasteiger charge is 2.33. The van der Waals surface area contributed by atoms with Crippen LogP contribution >= 0.6 is 0 Å². The Kier molecular flexibility index (Phi) is 9.86. The van der Waals surface area contributed by atoms with Gasteiger partial charge in [0.05, 0.1) is 10.6 Å². The van der Waals surface area contributed by atoms with Crippen LogP contribution in [0.4, 0.5) is 10.1 Å². The first-order valence-corrected chi connectivity index (χ1v) is 14.4. The van der Waals surface area contributed by atoms with Gasteiger partial charge in [0.15, 0.2) is 0 Å². The Bertz CT molecular complexity index is 1370. The second kappa shape index (κ2) is 12.9. The fourth-order valence-corrected chi connectivity index (χ4v) is 5.58. The van der Waals surface area contributed by atoms with Gasteiger partial charge in [-0.05, 0) is 76.1 Å². The highest BCUT2D eigenvalue weighted by molar-refractivity contribution is 7.92. The number of aryl methyl sites for hydroxylation is 2. The van der Waals surface area contributed by atoms with Crippen LogP contribution in [0.1, 0.15) is 43.9 Å². The highest BCUT2D eigenvalue weighted by atomic mass is 32.2. The van der Waals surface area contributed by atoms with Crippen molar-refractivity contribution in [3.8, 4) is 0 Å². The normalized spacial score (nSPS) is 12.2. The third-order valence-corrected chi connectivity index (χ3v) is 8.08. The minimum atomic E-state index is -4.24. The zero-order valence-corrected chi connectivity index (χ0v) is 23.8. The summed E-state index contributed by atoms with van der Waals surface area (Å²) in [7, 11) is -4.24. The predicted molar refractivity (Wildman–Crippen MR) is 151 cm³/mol. The summed E-state index contributed by atoms with van der Waals surface area (Å²) in [5.41, 5.74) is 3.07. The van der Waals surface area contributed by atoms with Crippen LogP contribution < -0.4 is 9.62 Å². The second-order valence-corrected chi connectivity index (χ2v) is 11.8. The van der Waals surface area contributed by atoms with Crippen LogP contribution in [-0.2, 0) is 26.2 Å². The molecule has 7 nitrogen and oxygen atoms in total.